The maximum atomic E-state index is 12.0. The average Bonchev–Trinajstić information content (AvgIpc) is 2.93. The van der Waals surface area contributed by atoms with Crippen molar-refractivity contribution in [1.82, 2.24) is 4.90 Å². The van der Waals surface area contributed by atoms with E-state index in [0.717, 1.165) is 27.8 Å². The summed E-state index contributed by atoms with van der Waals surface area (Å²) in [6.07, 6.45) is 1.91. The molecule has 0 amide bonds. The molecule has 0 fully saturated rings. The molecule has 0 unspecified atom stereocenters. The van der Waals surface area contributed by atoms with Crippen molar-refractivity contribution in [2.45, 2.75) is 59.0 Å². The van der Waals surface area contributed by atoms with Gasteiger partial charge in [0.15, 0.2) is 23.0 Å². The largest absolute Gasteiger partial charge is 0.493 e. The zero-order valence-electron chi connectivity index (χ0n) is 24.7. The second-order valence-corrected chi connectivity index (χ2v) is 10.6. The number of fused-ring (bicyclic) bond motifs is 4. The molecule has 3 aromatic rings. The quantitative estimate of drug-likeness (QED) is 0.281. The third-order valence-corrected chi connectivity index (χ3v) is 7.58. The van der Waals surface area contributed by atoms with Crippen molar-refractivity contribution < 1.29 is 42.9 Å². The van der Waals surface area contributed by atoms with Crippen LogP contribution in [0.3, 0.4) is 0 Å². The predicted octanol–water partition coefficient (Wildman–Crippen LogP) is 4.84. The van der Waals surface area contributed by atoms with Gasteiger partial charge in [-0.2, -0.15) is 0 Å². The van der Waals surface area contributed by atoms with Gasteiger partial charge >= 0.3 is 23.9 Å². The maximum Gasteiger partial charge on any atom is 0.308 e. The molecule has 2 heterocycles. The van der Waals surface area contributed by atoms with Gasteiger partial charge in [0.05, 0.1) is 7.11 Å². The highest BCUT2D eigenvalue weighted by Crippen LogP contribution is 2.49. The summed E-state index contributed by atoms with van der Waals surface area (Å²) in [5, 5.41) is 0. The van der Waals surface area contributed by atoms with Crippen molar-refractivity contribution in [3.63, 3.8) is 0 Å². The molecule has 10 nitrogen and oxygen atoms in total. The minimum Gasteiger partial charge on any atom is -0.493 e. The second-order valence-electron chi connectivity index (χ2n) is 10.6. The van der Waals surface area contributed by atoms with Crippen LogP contribution in [0.25, 0.3) is 0 Å². The molecule has 10 heteroatoms. The van der Waals surface area contributed by atoms with Crippen LogP contribution in [0.4, 0.5) is 0 Å². The van der Waals surface area contributed by atoms with Crippen molar-refractivity contribution >= 4 is 23.9 Å². The van der Waals surface area contributed by atoms with Crippen molar-refractivity contribution in [3.05, 3.63) is 76.3 Å². The van der Waals surface area contributed by atoms with E-state index in [1.807, 2.05) is 24.3 Å². The van der Waals surface area contributed by atoms with Crippen LogP contribution >= 0.6 is 0 Å². The number of carbonyl (C=O) groups excluding carboxylic acids is 4. The summed E-state index contributed by atoms with van der Waals surface area (Å²) >= 11 is 0. The summed E-state index contributed by atoms with van der Waals surface area (Å²) in [5.41, 5.74) is 5.03. The van der Waals surface area contributed by atoms with E-state index in [2.05, 4.69) is 4.90 Å². The van der Waals surface area contributed by atoms with E-state index in [1.54, 1.807) is 24.3 Å². The lowest BCUT2D eigenvalue weighted by molar-refractivity contribution is -0.134. The normalized spacial score (nSPS) is 17.0. The third-order valence-electron chi connectivity index (χ3n) is 7.58. The number of rotatable bonds is 7. The fourth-order valence-electron chi connectivity index (χ4n) is 5.99. The predicted molar refractivity (Wildman–Crippen MR) is 154 cm³/mol. The van der Waals surface area contributed by atoms with Crippen LogP contribution in [0.5, 0.6) is 28.7 Å². The Morgan fingerprint density at radius 3 is 1.81 bits per heavy atom. The Labute approximate surface area is 249 Å². The number of carbonyl (C=O) groups is 4. The van der Waals surface area contributed by atoms with Crippen molar-refractivity contribution in [2.75, 3.05) is 13.7 Å². The van der Waals surface area contributed by atoms with E-state index >= 15 is 0 Å². The smallest absolute Gasteiger partial charge is 0.308 e. The molecule has 0 saturated heterocycles. The van der Waals surface area contributed by atoms with Gasteiger partial charge in [0, 0.05) is 46.3 Å². The molecule has 2 atom stereocenters. The molecular formula is C33H33NO9. The zero-order chi connectivity index (χ0) is 30.8. The van der Waals surface area contributed by atoms with Crippen molar-refractivity contribution in [3.8, 4) is 28.7 Å². The fraction of sp³-hybridized carbons (Fsp3) is 0.333. The highest BCUT2D eigenvalue weighted by Gasteiger charge is 2.40. The van der Waals surface area contributed by atoms with Crippen LogP contribution in [0.2, 0.25) is 0 Å². The molecule has 5 rings (SSSR count). The minimum absolute atomic E-state index is 0.0633. The molecule has 0 aromatic heterocycles. The zero-order valence-corrected chi connectivity index (χ0v) is 24.7. The van der Waals surface area contributed by atoms with Gasteiger partial charge in [-0.15, -0.1) is 0 Å². The molecule has 224 valence electrons. The first kappa shape index (κ1) is 29.8. The fourth-order valence-corrected chi connectivity index (χ4v) is 5.99. The van der Waals surface area contributed by atoms with Crippen LogP contribution in [0.1, 0.15) is 67.6 Å². The molecule has 3 aromatic carbocycles. The standard InChI is InChI=1S/C33H33NO9/c1-18(35)40-25-8-6-22(7-9-25)12-28-27-17-33(43-21(4)38)32(42-20(3)37)15-24(27)13-29-26-16-30(39-5)31(41-19(2)36)14-23(26)10-11-34(28)29/h6-9,14-17,28-29H,10-13H2,1-5H3/t28-,29-/m0/s1. The van der Waals surface area contributed by atoms with Crippen molar-refractivity contribution in [1.29, 1.82) is 0 Å². The number of nitrogens with zero attached hydrogens (tertiary/aromatic N) is 1. The molecular weight excluding hydrogens is 554 g/mol. The van der Waals surface area contributed by atoms with Crippen LogP contribution < -0.4 is 23.7 Å². The lowest BCUT2D eigenvalue weighted by atomic mass is 9.79. The minimum atomic E-state index is -0.527. The summed E-state index contributed by atoms with van der Waals surface area (Å²) in [5.74, 6) is -0.206. The van der Waals surface area contributed by atoms with Gasteiger partial charge in [0.2, 0.25) is 0 Å². The van der Waals surface area contributed by atoms with E-state index in [1.165, 1.54) is 34.8 Å². The molecule has 0 spiro atoms. The highest BCUT2D eigenvalue weighted by atomic mass is 16.6. The Kier molecular flexibility index (Phi) is 8.50. The summed E-state index contributed by atoms with van der Waals surface area (Å²) in [6, 6.07) is 14.6. The molecule has 2 aliphatic rings. The van der Waals surface area contributed by atoms with E-state index < -0.39 is 23.9 Å². The average molecular weight is 588 g/mol. The van der Waals surface area contributed by atoms with Gasteiger partial charge < -0.3 is 23.7 Å². The molecule has 0 aliphatic carbocycles. The first-order chi connectivity index (χ1) is 20.5. The topological polar surface area (TPSA) is 118 Å². The van der Waals surface area contributed by atoms with Crippen LogP contribution in [0.15, 0.2) is 48.5 Å². The van der Waals surface area contributed by atoms with E-state index in [9.17, 15) is 19.2 Å². The number of benzene rings is 3. The maximum absolute atomic E-state index is 12.0. The third kappa shape index (κ3) is 6.54. The van der Waals surface area contributed by atoms with Crippen molar-refractivity contribution in [2.24, 2.45) is 0 Å². The Balaban J connectivity index is 1.61. The van der Waals surface area contributed by atoms with Gasteiger partial charge in [0.1, 0.15) is 5.75 Å². The number of hydrogen-bond acceptors (Lipinski definition) is 10. The lowest BCUT2D eigenvalue weighted by Crippen LogP contribution is -2.43. The molecule has 0 saturated carbocycles. The summed E-state index contributed by atoms with van der Waals surface area (Å²) < 4.78 is 27.2. The Hall–Kier alpha value is -4.70. The number of ether oxygens (including phenoxy) is 5. The lowest BCUT2D eigenvalue weighted by Gasteiger charge is -2.47. The number of methoxy groups -OCH3 is 1. The molecule has 0 bridgehead atoms. The first-order valence-electron chi connectivity index (χ1n) is 14.0. The SMILES string of the molecule is COc1cc2c(cc1OC(C)=O)CCN1[C@@H](Cc3ccc(OC(C)=O)cc3)c3cc(OC(C)=O)c(OC(C)=O)cc3C[C@@H]21. The Morgan fingerprint density at radius 2 is 1.23 bits per heavy atom. The number of esters is 4. The van der Waals surface area contributed by atoms with Crippen LogP contribution in [-0.4, -0.2) is 42.4 Å². The van der Waals surface area contributed by atoms with Crippen LogP contribution in [-0.2, 0) is 38.4 Å². The monoisotopic (exact) mass is 587 g/mol. The summed E-state index contributed by atoms with van der Waals surface area (Å²) in [4.78, 5) is 49.5. The molecule has 0 radical (unpaired) electrons. The van der Waals surface area contributed by atoms with Gasteiger partial charge in [-0.05, 0) is 83.5 Å². The molecule has 2 aliphatic heterocycles. The van der Waals surface area contributed by atoms with Gasteiger partial charge in [-0.25, -0.2) is 0 Å². The summed E-state index contributed by atoms with van der Waals surface area (Å²) in [6.45, 7) is 6.02. The highest BCUT2D eigenvalue weighted by molar-refractivity contribution is 5.74. The van der Waals surface area contributed by atoms with E-state index in [-0.39, 0.29) is 23.6 Å². The second kappa shape index (κ2) is 12.3. The van der Waals surface area contributed by atoms with Gasteiger partial charge in [-0.3, -0.25) is 24.1 Å². The first-order valence-corrected chi connectivity index (χ1v) is 14.0. The Bertz CT molecular complexity index is 1590. The van der Waals surface area contributed by atoms with Gasteiger partial charge in [0.25, 0.3) is 0 Å². The van der Waals surface area contributed by atoms with E-state index in [4.69, 9.17) is 23.7 Å². The van der Waals surface area contributed by atoms with Gasteiger partial charge in [-0.1, -0.05) is 12.1 Å². The summed E-state index contributed by atoms with van der Waals surface area (Å²) in [7, 11) is 1.54. The van der Waals surface area contributed by atoms with Crippen LogP contribution in [0, 0.1) is 0 Å². The molecule has 43 heavy (non-hydrogen) atoms. The van der Waals surface area contributed by atoms with E-state index in [0.29, 0.717) is 43.1 Å². The molecule has 0 N–H and O–H groups in total. The Morgan fingerprint density at radius 1 is 0.698 bits per heavy atom. The number of hydrogen-bond donors (Lipinski definition) is 0.